The van der Waals surface area contributed by atoms with Gasteiger partial charge in [-0.25, -0.2) is 18.4 Å². The Labute approximate surface area is 210 Å². The molecule has 1 aliphatic carbocycles. The zero-order chi connectivity index (χ0) is 25.3. The lowest BCUT2D eigenvalue weighted by Crippen LogP contribution is -2.15. The van der Waals surface area contributed by atoms with E-state index in [0.29, 0.717) is 22.8 Å². The quantitative estimate of drug-likeness (QED) is 0.336. The van der Waals surface area contributed by atoms with Gasteiger partial charge >= 0.3 is 0 Å². The Kier molecular flexibility index (Phi) is 6.59. The smallest absolute Gasteiger partial charge is 0.189 e. The van der Waals surface area contributed by atoms with Crippen LogP contribution in [0.2, 0.25) is 0 Å². The fourth-order valence-corrected chi connectivity index (χ4v) is 4.92. The van der Waals surface area contributed by atoms with Crippen molar-refractivity contribution in [2.24, 2.45) is 5.92 Å². The summed E-state index contributed by atoms with van der Waals surface area (Å²) in [7, 11) is -3.35. The highest BCUT2D eigenvalue weighted by Crippen LogP contribution is 2.30. The van der Waals surface area contributed by atoms with E-state index in [2.05, 4.69) is 32.6 Å². The lowest BCUT2D eigenvalue weighted by molar-refractivity contribution is 0.434. The molecule has 2 heterocycles. The van der Waals surface area contributed by atoms with E-state index >= 15 is 0 Å². The van der Waals surface area contributed by atoms with Crippen molar-refractivity contribution in [2.75, 3.05) is 12.3 Å². The van der Waals surface area contributed by atoms with Crippen molar-refractivity contribution < 1.29 is 12.9 Å². The van der Waals surface area contributed by atoms with Gasteiger partial charge in [0.2, 0.25) is 0 Å². The van der Waals surface area contributed by atoms with Crippen LogP contribution in [0.4, 0.5) is 5.82 Å². The molecule has 2 aromatic heterocycles. The molecule has 1 fully saturated rings. The minimum atomic E-state index is -3.35. The van der Waals surface area contributed by atoms with Crippen LogP contribution in [0.25, 0.3) is 34.0 Å². The second-order valence-electron chi connectivity index (χ2n) is 9.45. The topological polar surface area (TPSA) is 124 Å². The zero-order valence-corrected chi connectivity index (χ0v) is 21.1. The second kappa shape index (κ2) is 9.83. The highest BCUT2D eigenvalue weighted by Gasteiger charge is 2.21. The molecule has 9 heteroatoms. The molecule has 5 rings (SSSR count). The fraction of sp³-hybridized carbons (Fsp3) is 0.296. The Morgan fingerprint density at radius 1 is 1.03 bits per heavy atom. The molecule has 2 aromatic carbocycles. The van der Waals surface area contributed by atoms with E-state index in [0.717, 1.165) is 30.1 Å². The first-order valence-corrected chi connectivity index (χ1v) is 13.6. The Hall–Kier alpha value is -3.56. The Morgan fingerprint density at radius 2 is 1.69 bits per heavy atom. The zero-order valence-electron chi connectivity index (χ0n) is 20.3. The van der Waals surface area contributed by atoms with Crippen LogP contribution in [0.5, 0.6) is 0 Å². The van der Waals surface area contributed by atoms with Gasteiger partial charge in [0.1, 0.15) is 5.69 Å². The van der Waals surface area contributed by atoms with Crippen molar-refractivity contribution in [2.45, 2.75) is 43.4 Å². The van der Waals surface area contributed by atoms with Gasteiger partial charge in [0.25, 0.3) is 0 Å². The molecule has 0 unspecified atom stereocenters. The van der Waals surface area contributed by atoms with E-state index < -0.39 is 15.1 Å². The number of benzene rings is 2. The van der Waals surface area contributed by atoms with E-state index in [4.69, 9.17) is 10.3 Å². The Bertz CT molecular complexity index is 1460. The fourth-order valence-electron chi connectivity index (χ4n) is 3.87. The summed E-state index contributed by atoms with van der Waals surface area (Å²) in [4.78, 5) is 9.18. The Balaban J connectivity index is 1.34. The van der Waals surface area contributed by atoms with Gasteiger partial charge in [0, 0.05) is 23.7 Å². The van der Waals surface area contributed by atoms with Gasteiger partial charge < -0.3 is 15.6 Å². The average molecular weight is 504 g/mol. The number of rotatable bonds is 9. The molecule has 36 heavy (non-hydrogen) atoms. The number of sulfone groups is 1. The van der Waals surface area contributed by atoms with Crippen LogP contribution in [0, 0.1) is 5.92 Å². The Morgan fingerprint density at radius 3 is 2.36 bits per heavy atom. The van der Waals surface area contributed by atoms with Crippen LogP contribution >= 0.6 is 0 Å². The maximum Gasteiger partial charge on any atom is 0.189 e. The summed E-state index contributed by atoms with van der Waals surface area (Å²) >= 11 is 0. The largest absolute Gasteiger partial charge is 0.382 e. The maximum atomic E-state index is 12.4. The van der Waals surface area contributed by atoms with Crippen LogP contribution in [0.3, 0.4) is 0 Å². The predicted molar refractivity (Wildman–Crippen MR) is 140 cm³/mol. The van der Waals surface area contributed by atoms with Crippen LogP contribution in [-0.2, 0) is 16.4 Å². The number of nitrogen functional groups attached to an aromatic ring is 1. The number of hydrogen-bond donors (Lipinski definition) is 2. The van der Waals surface area contributed by atoms with Crippen LogP contribution < -0.4 is 11.1 Å². The van der Waals surface area contributed by atoms with E-state index in [-0.39, 0.29) is 10.7 Å². The van der Waals surface area contributed by atoms with Crippen molar-refractivity contribution in [3.05, 3.63) is 66.4 Å². The molecule has 0 atom stereocenters. The molecule has 0 bridgehead atoms. The minimum absolute atomic E-state index is 0.220. The molecular formula is C27H29N5O3S. The van der Waals surface area contributed by atoms with Gasteiger partial charge in [-0.2, -0.15) is 0 Å². The summed E-state index contributed by atoms with van der Waals surface area (Å²) in [6.07, 6.45) is 4.23. The monoisotopic (exact) mass is 503 g/mol. The summed E-state index contributed by atoms with van der Waals surface area (Å²) in [6.45, 7) is 5.25. The molecule has 0 spiro atoms. The number of nitrogens with one attached hydrogen (secondary N) is 1. The number of nitrogens with zero attached hydrogens (tertiary/aromatic N) is 3. The molecule has 0 aliphatic heterocycles. The first kappa shape index (κ1) is 24.1. The average Bonchev–Trinajstić information content (AvgIpc) is 3.58. The van der Waals surface area contributed by atoms with E-state index in [1.807, 2.05) is 12.1 Å². The van der Waals surface area contributed by atoms with Crippen molar-refractivity contribution in [1.29, 1.82) is 0 Å². The summed E-state index contributed by atoms with van der Waals surface area (Å²) in [5.41, 5.74) is 10.6. The standard InChI is InChI=1S/C27H29N5O3S/c1-17(2)36(33,34)22-11-9-21(10-12-22)24-16-30-27(28)26(31-24)25-13-23(32-35-25)20-7-5-19(6-8-20)15-29-14-18-3-4-18/h5-13,16-18,29H,3-4,14-15H2,1-2H3,(H2,28,30). The lowest BCUT2D eigenvalue weighted by atomic mass is 10.1. The van der Waals surface area contributed by atoms with Crippen molar-refractivity contribution in [1.82, 2.24) is 20.4 Å². The number of aromatic nitrogens is 3. The van der Waals surface area contributed by atoms with Crippen molar-refractivity contribution >= 4 is 15.7 Å². The second-order valence-corrected chi connectivity index (χ2v) is 12.0. The third-order valence-corrected chi connectivity index (χ3v) is 8.52. The molecule has 1 aliphatic rings. The van der Waals surface area contributed by atoms with E-state index in [1.165, 1.54) is 18.4 Å². The third-order valence-electron chi connectivity index (χ3n) is 6.35. The van der Waals surface area contributed by atoms with Crippen molar-refractivity contribution in [3.8, 4) is 34.0 Å². The molecule has 4 aromatic rings. The molecule has 0 amide bonds. The summed E-state index contributed by atoms with van der Waals surface area (Å²) < 4.78 is 30.4. The SMILES string of the molecule is CC(C)S(=O)(=O)c1ccc(-c2cnc(N)c(-c3cc(-c4ccc(CNCC5CC5)cc4)no3)n2)cc1. The van der Waals surface area contributed by atoms with Gasteiger partial charge in [-0.15, -0.1) is 0 Å². The maximum absolute atomic E-state index is 12.4. The minimum Gasteiger partial charge on any atom is -0.382 e. The van der Waals surface area contributed by atoms with Crippen LogP contribution in [0.15, 0.2) is 70.2 Å². The normalized spacial score (nSPS) is 13.9. The molecule has 0 saturated heterocycles. The van der Waals surface area contributed by atoms with Gasteiger partial charge in [0.15, 0.2) is 27.1 Å². The summed E-state index contributed by atoms with van der Waals surface area (Å²) in [5.74, 6) is 1.48. The predicted octanol–water partition coefficient (Wildman–Crippen LogP) is 4.73. The van der Waals surface area contributed by atoms with E-state index in [1.54, 1.807) is 50.4 Å². The van der Waals surface area contributed by atoms with Crippen LogP contribution in [0.1, 0.15) is 32.3 Å². The lowest BCUT2D eigenvalue weighted by Gasteiger charge is -2.09. The highest BCUT2D eigenvalue weighted by molar-refractivity contribution is 7.92. The molecule has 8 nitrogen and oxygen atoms in total. The third kappa shape index (κ3) is 5.17. The van der Waals surface area contributed by atoms with Gasteiger partial charge in [-0.05, 0) is 56.8 Å². The number of anilines is 1. The molecule has 0 radical (unpaired) electrons. The van der Waals surface area contributed by atoms with Gasteiger partial charge in [-0.3, -0.25) is 0 Å². The van der Waals surface area contributed by atoms with Gasteiger partial charge in [-0.1, -0.05) is 41.6 Å². The molecule has 3 N–H and O–H groups in total. The summed E-state index contributed by atoms with van der Waals surface area (Å²) in [6, 6.07) is 16.6. The summed E-state index contributed by atoms with van der Waals surface area (Å²) in [5, 5.41) is 7.21. The van der Waals surface area contributed by atoms with Crippen molar-refractivity contribution in [3.63, 3.8) is 0 Å². The molecular weight excluding hydrogens is 474 g/mol. The first-order valence-electron chi connectivity index (χ1n) is 12.1. The number of nitrogens with two attached hydrogens (primary N) is 1. The molecule has 186 valence electrons. The number of hydrogen-bond acceptors (Lipinski definition) is 8. The molecule has 1 saturated carbocycles. The van der Waals surface area contributed by atoms with Gasteiger partial charge in [0.05, 0.1) is 22.0 Å². The van der Waals surface area contributed by atoms with Crippen LogP contribution in [-0.4, -0.2) is 35.3 Å². The first-order chi connectivity index (χ1) is 17.3. The highest BCUT2D eigenvalue weighted by atomic mass is 32.2. The van der Waals surface area contributed by atoms with E-state index in [9.17, 15) is 8.42 Å².